The largest absolute Gasteiger partial charge is 0.491 e. The Morgan fingerprint density at radius 2 is 1.93 bits per heavy atom. The summed E-state index contributed by atoms with van der Waals surface area (Å²) in [6.07, 6.45) is 2.96. The van der Waals surface area contributed by atoms with E-state index in [1.54, 1.807) is 6.07 Å². The molecule has 2 aromatic carbocycles. The van der Waals surface area contributed by atoms with Crippen molar-refractivity contribution in [3.8, 4) is 5.75 Å². The quantitative estimate of drug-likeness (QED) is 0.887. The van der Waals surface area contributed by atoms with Crippen LogP contribution in [0.3, 0.4) is 0 Å². The number of ether oxygens (including phenoxy) is 1. The first-order valence-electron chi connectivity index (χ1n) is 9.54. The molecular formula is C22H24N2O3. The molecule has 0 bridgehead atoms. The summed E-state index contributed by atoms with van der Waals surface area (Å²) < 4.78 is 5.79. The summed E-state index contributed by atoms with van der Waals surface area (Å²) >= 11 is 0. The summed E-state index contributed by atoms with van der Waals surface area (Å²) in [5.41, 5.74) is 2.54. The lowest BCUT2D eigenvalue weighted by molar-refractivity contribution is -0.132. The Labute approximate surface area is 159 Å². The molecule has 0 spiro atoms. The van der Waals surface area contributed by atoms with Gasteiger partial charge in [0.1, 0.15) is 12.4 Å². The molecule has 2 aliphatic rings. The first-order valence-corrected chi connectivity index (χ1v) is 9.54. The molecule has 5 heteroatoms. The predicted molar refractivity (Wildman–Crippen MR) is 102 cm³/mol. The van der Waals surface area contributed by atoms with E-state index in [4.69, 9.17) is 4.74 Å². The lowest BCUT2D eigenvalue weighted by Crippen LogP contribution is -2.32. The Balaban J connectivity index is 1.44. The number of benzene rings is 2. The molecule has 1 N–H and O–H groups in total. The molecule has 0 radical (unpaired) electrons. The number of amides is 2. The summed E-state index contributed by atoms with van der Waals surface area (Å²) in [5.74, 6) is 1.39. The highest BCUT2D eigenvalue weighted by atomic mass is 16.5. The Kier molecular flexibility index (Phi) is 5.10. The van der Waals surface area contributed by atoms with E-state index in [1.807, 2.05) is 47.4 Å². The van der Waals surface area contributed by atoms with E-state index in [-0.39, 0.29) is 11.8 Å². The third kappa shape index (κ3) is 4.48. The van der Waals surface area contributed by atoms with E-state index in [9.17, 15) is 9.59 Å². The van der Waals surface area contributed by atoms with Gasteiger partial charge < -0.3 is 15.0 Å². The second-order valence-corrected chi connectivity index (χ2v) is 7.30. The highest BCUT2D eigenvalue weighted by molar-refractivity contribution is 5.94. The van der Waals surface area contributed by atoms with Crippen LogP contribution in [0.15, 0.2) is 48.5 Å². The van der Waals surface area contributed by atoms with E-state index in [2.05, 4.69) is 5.32 Å². The van der Waals surface area contributed by atoms with E-state index in [1.165, 1.54) is 12.8 Å². The number of nitrogens with one attached hydrogen (secondary N) is 1. The maximum atomic E-state index is 12.5. The molecule has 2 amide bonds. The zero-order chi connectivity index (χ0) is 18.6. The van der Waals surface area contributed by atoms with Gasteiger partial charge in [-0.05, 0) is 42.5 Å². The fourth-order valence-electron chi connectivity index (χ4n) is 3.33. The number of rotatable bonds is 5. The van der Waals surface area contributed by atoms with Crippen LogP contribution < -0.4 is 10.1 Å². The summed E-state index contributed by atoms with van der Waals surface area (Å²) in [7, 11) is 0. The van der Waals surface area contributed by atoms with Gasteiger partial charge in [0.2, 0.25) is 5.91 Å². The maximum Gasteiger partial charge on any atom is 0.251 e. The van der Waals surface area contributed by atoms with Gasteiger partial charge in [0.25, 0.3) is 5.91 Å². The average molecular weight is 364 g/mol. The van der Waals surface area contributed by atoms with Gasteiger partial charge in [-0.1, -0.05) is 30.3 Å². The molecule has 5 nitrogen and oxygen atoms in total. The summed E-state index contributed by atoms with van der Waals surface area (Å²) in [4.78, 5) is 26.9. The summed E-state index contributed by atoms with van der Waals surface area (Å²) in [5, 5.41) is 2.95. The van der Waals surface area contributed by atoms with Crippen LogP contribution >= 0.6 is 0 Å². The molecule has 140 valence electrons. The van der Waals surface area contributed by atoms with Crippen LogP contribution in [0.25, 0.3) is 0 Å². The van der Waals surface area contributed by atoms with E-state index in [0.29, 0.717) is 44.1 Å². The van der Waals surface area contributed by atoms with Crippen LogP contribution in [-0.2, 0) is 17.9 Å². The minimum Gasteiger partial charge on any atom is -0.491 e. The van der Waals surface area contributed by atoms with Gasteiger partial charge in [-0.15, -0.1) is 0 Å². The Bertz CT molecular complexity index is 831. The molecule has 0 atom stereocenters. The second-order valence-electron chi connectivity index (χ2n) is 7.30. The highest BCUT2D eigenvalue weighted by Gasteiger charge is 2.28. The lowest BCUT2D eigenvalue weighted by Gasteiger charge is -2.20. The van der Waals surface area contributed by atoms with Gasteiger partial charge in [-0.3, -0.25) is 9.59 Å². The molecule has 1 fully saturated rings. The van der Waals surface area contributed by atoms with Crippen molar-refractivity contribution in [2.45, 2.75) is 32.4 Å². The molecule has 27 heavy (non-hydrogen) atoms. The number of nitrogens with zero attached hydrogens (tertiary/aromatic N) is 1. The van der Waals surface area contributed by atoms with Crippen LogP contribution in [0.2, 0.25) is 0 Å². The van der Waals surface area contributed by atoms with Gasteiger partial charge in [0, 0.05) is 30.6 Å². The van der Waals surface area contributed by atoms with E-state index in [0.717, 1.165) is 16.9 Å². The fourth-order valence-corrected chi connectivity index (χ4v) is 3.33. The van der Waals surface area contributed by atoms with Crippen LogP contribution in [0.1, 0.15) is 40.7 Å². The minimum atomic E-state index is -0.123. The SMILES string of the molecule is O=C(NCc1ccccc1)c1ccc2c(c1)CN(C(=O)CC1CC1)CCO2. The van der Waals surface area contributed by atoms with Crippen LogP contribution in [-0.4, -0.2) is 29.9 Å². The number of hydrogen-bond donors (Lipinski definition) is 1. The van der Waals surface area contributed by atoms with E-state index < -0.39 is 0 Å². The first-order chi connectivity index (χ1) is 13.2. The smallest absolute Gasteiger partial charge is 0.251 e. The predicted octanol–water partition coefficient (Wildman–Crippen LogP) is 3.14. The van der Waals surface area contributed by atoms with Gasteiger partial charge in [-0.2, -0.15) is 0 Å². The number of fused-ring (bicyclic) bond motifs is 1. The summed E-state index contributed by atoms with van der Waals surface area (Å²) in [6.45, 7) is 2.07. The lowest BCUT2D eigenvalue weighted by atomic mass is 10.1. The second kappa shape index (κ2) is 7.82. The van der Waals surface area contributed by atoms with Crippen molar-refractivity contribution in [1.82, 2.24) is 10.2 Å². The standard InChI is InChI=1S/C22H24N2O3/c25-21(12-16-6-7-16)24-10-11-27-20-9-8-18(13-19(20)15-24)22(26)23-14-17-4-2-1-3-5-17/h1-5,8-9,13,16H,6-7,10-12,14-15H2,(H,23,26). The molecule has 0 unspecified atom stereocenters. The van der Waals surface area contributed by atoms with Crippen LogP contribution in [0.4, 0.5) is 0 Å². The van der Waals surface area contributed by atoms with Gasteiger partial charge >= 0.3 is 0 Å². The Morgan fingerprint density at radius 3 is 2.70 bits per heavy atom. The monoisotopic (exact) mass is 364 g/mol. The molecule has 0 aromatic heterocycles. The molecule has 1 heterocycles. The first kappa shape index (κ1) is 17.6. The van der Waals surface area contributed by atoms with Crippen LogP contribution in [0, 0.1) is 5.92 Å². The number of carbonyl (C=O) groups excluding carboxylic acids is 2. The maximum absolute atomic E-state index is 12.5. The fraction of sp³-hybridized carbons (Fsp3) is 0.364. The van der Waals surface area contributed by atoms with Crippen molar-refractivity contribution in [2.24, 2.45) is 5.92 Å². The number of carbonyl (C=O) groups is 2. The van der Waals surface area contributed by atoms with Crippen molar-refractivity contribution in [1.29, 1.82) is 0 Å². The Morgan fingerprint density at radius 1 is 1.11 bits per heavy atom. The highest BCUT2D eigenvalue weighted by Crippen LogP contribution is 2.33. The minimum absolute atomic E-state index is 0.123. The topological polar surface area (TPSA) is 58.6 Å². The average Bonchev–Trinajstić information content (AvgIpc) is 3.52. The molecule has 4 rings (SSSR count). The zero-order valence-corrected chi connectivity index (χ0v) is 15.3. The normalized spacial score (nSPS) is 16.1. The van der Waals surface area contributed by atoms with Crippen molar-refractivity contribution in [3.63, 3.8) is 0 Å². The number of hydrogen-bond acceptors (Lipinski definition) is 3. The van der Waals surface area contributed by atoms with Crippen molar-refractivity contribution < 1.29 is 14.3 Å². The molecule has 1 aliphatic heterocycles. The van der Waals surface area contributed by atoms with Crippen molar-refractivity contribution in [3.05, 3.63) is 65.2 Å². The van der Waals surface area contributed by atoms with Gasteiger partial charge in [-0.25, -0.2) is 0 Å². The third-order valence-electron chi connectivity index (χ3n) is 5.11. The zero-order valence-electron chi connectivity index (χ0n) is 15.3. The Hall–Kier alpha value is -2.82. The van der Waals surface area contributed by atoms with Crippen molar-refractivity contribution in [2.75, 3.05) is 13.2 Å². The molecular weight excluding hydrogens is 340 g/mol. The van der Waals surface area contributed by atoms with E-state index >= 15 is 0 Å². The van der Waals surface area contributed by atoms with Crippen molar-refractivity contribution >= 4 is 11.8 Å². The molecule has 2 aromatic rings. The van der Waals surface area contributed by atoms with Gasteiger partial charge in [0.05, 0.1) is 6.54 Å². The third-order valence-corrected chi connectivity index (χ3v) is 5.11. The van der Waals surface area contributed by atoms with Crippen LogP contribution in [0.5, 0.6) is 5.75 Å². The molecule has 1 aliphatic carbocycles. The summed E-state index contributed by atoms with van der Waals surface area (Å²) in [6, 6.07) is 15.3. The molecule has 0 saturated heterocycles. The van der Waals surface area contributed by atoms with Gasteiger partial charge in [0.15, 0.2) is 0 Å². The molecule has 1 saturated carbocycles.